The van der Waals surface area contributed by atoms with Crippen molar-refractivity contribution in [3.05, 3.63) is 29.3 Å². The molecule has 2 N–H and O–H groups in total. The van der Waals surface area contributed by atoms with E-state index in [2.05, 4.69) is 0 Å². The zero-order chi connectivity index (χ0) is 11.5. The van der Waals surface area contributed by atoms with Crippen LogP contribution in [0.25, 0.3) is 0 Å². The predicted molar refractivity (Wildman–Crippen MR) is 63.3 cm³/mol. The molecule has 1 saturated carbocycles. The number of carbonyl (C=O) groups is 1. The summed E-state index contributed by atoms with van der Waals surface area (Å²) in [5.41, 5.74) is 7.92. The Kier molecular flexibility index (Phi) is 3.13. The second kappa shape index (κ2) is 4.56. The van der Waals surface area contributed by atoms with Gasteiger partial charge in [0.05, 0.1) is 5.56 Å². The number of anilines is 1. The number of nitrogens with two attached hydrogens (primary N) is 1. The molecule has 1 aliphatic rings. The van der Waals surface area contributed by atoms with Crippen molar-refractivity contribution in [2.45, 2.75) is 38.7 Å². The highest BCUT2D eigenvalue weighted by molar-refractivity contribution is 5.90. The highest BCUT2D eigenvalue weighted by Crippen LogP contribution is 2.22. The average Bonchev–Trinajstić information content (AvgIpc) is 2.74. The van der Waals surface area contributed by atoms with Crippen molar-refractivity contribution in [2.24, 2.45) is 0 Å². The van der Waals surface area contributed by atoms with Gasteiger partial charge in [0.2, 0.25) is 0 Å². The first-order valence-corrected chi connectivity index (χ1v) is 5.74. The van der Waals surface area contributed by atoms with Crippen LogP contribution in [-0.4, -0.2) is 12.1 Å². The number of rotatable bonds is 2. The Hall–Kier alpha value is -1.51. The predicted octanol–water partition coefficient (Wildman–Crippen LogP) is 2.68. The molecular weight excluding hydrogens is 202 g/mol. The van der Waals surface area contributed by atoms with Gasteiger partial charge in [-0.1, -0.05) is 0 Å². The van der Waals surface area contributed by atoms with Gasteiger partial charge in [-0.25, -0.2) is 4.79 Å². The van der Waals surface area contributed by atoms with E-state index >= 15 is 0 Å². The number of carbonyl (C=O) groups excluding carboxylic acids is 1. The molecule has 0 radical (unpaired) electrons. The van der Waals surface area contributed by atoms with E-state index in [1.807, 2.05) is 6.92 Å². The largest absolute Gasteiger partial charge is 0.459 e. The molecule has 0 aromatic heterocycles. The molecule has 16 heavy (non-hydrogen) atoms. The van der Waals surface area contributed by atoms with E-state index in [0.29, 0.717) is 11.3 Å². The molecule has 0 amide bonds. The van der Waals surface area contributed by atoms with E-state index in [-0.39, 0.29) is 12.1 Å². The molecule has 0 heterocycles. The Morgan fingerprint density at radius 2 is 2.06 bits per heavy atom. The second-order valence-corrected chi connectivity index (χ2v) is 4.38. The Bertz CT molecular complexity index is 395. The van der Waals surface area contributed by atoms with E-state index < -0.39 is 0 Å². The summed E-state index contributed by atoms with van der Waals surface area (Å²) in [6.07, 6.45) is 4.45. The highest BCUT2D eigenvalue weighted by atomic mass is 16.5. The van der Waals surface area contributed by atoms with Crippen molar-refractivity contribution < 1.29 is 9.53 Å². The molecule has 1 aliphatic carbocycles. The van der Waals surface area contributed by atoms with Crippen LogP contribution in [0.5, 0.6) is 0 Å². The van der Waals surface area contributed by atoms with Crippen molar-refractivity contribution in [2.75, 3.05) is 5.73 Å². The SMILES string of the molecule is Cc1cc(C(=O)OC2CCCC2)ccc1N. The summed E-state index contributed by atoms with van der Waals surface area (Å²) in [6, 6.07) is 5.26. The van der Waals surface area contributed by atoms with Crippen LogP contribution in [0, 0.1) is 6.92 Å². The van der Waals surface area contributed by atoms with Crippen LogP contribution in [0.3, 0.4) is 0 Å². The minimum Gasteiger partial charge on any atom is -0.459 e. The molecule has 2 rings (SSSR count). The molecule has 1 aromatic carbocycles. The van der Waals surface area contributed by atoms with Crippen LogP contribution >= 0.6 is 0 Å². The van der Waals surface area contributed by atoms with Gasteiger partial charge in [-0.2, -0.15) is 0 Å². The fourth-order valence-electron chi connectivity index (χ4n) is 2.03. The van der Waals surface area contributed by atoms with E-state index in [1.165, 1.54) is 12.8 Å². The summed E-state index contributed by atoms with van der Waals surface area (Å²) in [4.78, 5) is 11.8. The van der Waals surface area contributed by atoms with Crippen LogP contribution in [0.15, 0.2) is 18.2 Å². The number of aryl methyl sites for hydroxylation is 1. The maximum atomic E-state index is 11.8. The molecule has 0 atom stereocenters. The lowest BCUT2D eigenvalue weighted by atomic mass is 10.1. The molecule has 0 spiro atoms. The number of hydrogen-bond acceptors (Lipinski definition) is 3. The Labute approximate surface area is 95.6 Å². The fraction of sp³-hybridized carbons (Fsp3) is 0.462. The second-order valence-electron chi connectivity index (χ2n) is 4.38. The minimum absolute atomic E-state index is 0.116. The molecule has 3 heteroatoms. The number of esters is 1. The zero-order valence-electron chi connectivity index (χ0n) is 9.53. The normalized spacial score (nSPS) is 16.3. The molecule has 0 aliphatic heterocycles. The van der Waals surface area contributed by atoms with Crippen molar-refractivity contribution >= 4 is 11.7 Å². The summed E-state index contributed by atoms with van der Waals surface area (Å²) in [5, 5.41) is 0. The van der Waals surface area contributed by atoms with Crippen LogP contribution in [0.1, 0.15) is 41.6 Å². The fourth-order valence-corrected chi connectivity index (χ4v) is 2.03. The smallest absolute Gasteiger partial charge is 0.338 e. The van der Waals surface area contributed by atoms with Gasteiger partial charge in [0.15, 0.2) is 0 Å². The molecule has 86 valence electrons. The maximum absolute atomic E-state index is 11.8. The highest BCUT2D eigenvalue weighted by Gasteiger charge is 2.20. The van der Waals surface area contributed by atoms with Crippen molar-refractivity contribution in [3.63, 3.8) is 0 Å². The molecule has 3 nitrogen and oxygen atoms in total. The summed E-state index contributed by atoms with van der Waals surface area (Å²) >= 11 is 0. The Morgan fingerprint density at radius 1 is 1.38 bits per heavy atom. The van der Waals surface area contributed by atoms with Crippen LogP contribution in [0.2, 0.25) is 0 Å². The lowest BCUT2D eigenvalue weighted by Crippen LogP contribution is -2.14. The first-order valence-electron chi connectivity index (χ1n) is 5.74. The van der Waals surface area contributed by atoms with Gasteiger partial charge >= 0.3 is 5.97 Å². The van der Waals surface area contributed by atoms with Gasteiger partial charge in [-0.3, -0.25) is 0 Å². The standard InChI is InChI=1S/C13H17NO2/c1-9-8-10(6-7-12(9)14)13(15)16-11-4-2-3-5-11/h6-8,11H,2-5,14H2,1H3. The van der Waals surface area contributed by atoms with E-state index in [1.54, 1.807) is 18.2 Å². The van der Waals surface area contributed by atoms with E-state index in [0.717, 1.165) is 18.4 Å². The number of benzene rings is 1. The zero-order valence-corrected chi connectivity index (χ0v) is 9.53. The lowest BCUT2D eigenvalue weighted by molar-refractivity contribution is 0.0318. The van der Waals surface area contributed by atoms with E-state index in [9.17, 15) is 4.79 Å². The van der Waals surface area contributed by atoms with Gasteiger partial charge in [-0.05, 0) is 56.4 Å². The van der Waals surface area contributed by atoms with Gasteiger partial charge < -0.3 is 10.5 Å². The lowest BCUT2D eigenvalue weighted by Gasteiger charge is -2.11. The van der Waals surface area contributed by atoms with Gasteiger partial charge in [0, 0.05) is 5.69 Å². The molecule has 1 aromatic rings. The van der Waals surface area contributed by atoms with Gasteiger partial charge in [-0.15, -0.1) is 0 Å². The number of hydrogen-bond donors (Lipinski definition) is 1. The van der Waals surface area contributed by atoms with Crippen LogP contribution in [0.4, 0.5) is 5.69 Å². The van der Waals surface area contributed by atoms with Crippen LogP contribution < -0.4 is 5.73 Å². The molecule has 0 unspecified atom stereocenters. The molecule has 1 fully saturated rings. The maximum Gasteiger partial charge on any atom is 0.338 e. The first-order chi connectivity index (χ1) is 7.66. The summed E-state index contributed by atoms with van der Waals surface area (Å²) in [7, 11) is 0. The first kappa shape index (κ1) is 11.0. The van der Waals surface area contributed by atoms with Gasteiger partial charge in [0.1, 0.15) is 6.10 Å². The monoisotopic (exact) mass is 219 g/mol. The summed E-state index contributed by atoms with van der Waals surface area (Å²) < 4.78 is 5.41. The van der Waals surface area contributed by atoms with Crippen molar-refractivity contribution in [1.29, 1.82) is 0 Å². The third-order valence-electron chi connectivity index (χ3n) is 3.08. The van der Waals surface area contributed by atoms with Gasteiger partial charge in [0.25, 0.3) is 0 Å². The Balaban J connectivity index is 2.05. The third-order valence-corrected chi connectivity index (χ3v) is 3.08. The topological polar surface area (TPSA) is 52.3 Å². The average molecular weight is 219 g/mol. The quantitative estimate of drug-likeness (QED) is 0.614. The van der Waals surface area contributed by atoms with E-state index in [4.69, 9.17) is 10.5 Å². The Morgan fingerprint density at radius 3 is 2.69 bits per heavy atom. The minimum atomic E-state index is -0.227. The van der Waals surface area contributed by atoms with Crippen molar-refractivity contribution in [3.8, 4) is 0 Å². The molecule has 0 bridgehead atoms. The summed E-state index contributed by atoms with van der Waals surface area (Å²) in [5.74, 6) is -0.227. The van der Waals surface area contributed by atoms with Crippen LogP contribution in [-0.2, 0) is 4.74 Å². The van der Waals surface area contributed by atoms with Crippen molar-refractivity contribution in [1.82, 2.24) is 0 Å². The number of ether oxygens (including phenoxy) is 1. The molecule has 0 saturated heterocycles. The number of nitrogen functional groups attached to an aromatic ring is 1. The summed E-state index contributed by atoms with van der Waals surface area (Å²) in [6.45, 7) is 1.89. The molecular formula is C13H17NO2. The third kappa shape index (κ3) is 2.35.